The maximum absolute atomic E-state index is 12.8. The van der Waals surface area contributed by atoms with E-state index < -0.39 is 9.84 Å². The minimum absolute atomic E-state index is 0.257. The Bertz CT molecular complexity index is 1010. The summed E-state index contributed by atoms with van der Waals surface area (Å²) in [5.74, 6) is 2.16. The van der Waals surface area contributed by atoms with Gasteiger partial charge in [-0.3, -0.25) is 0 Å². The van der Waals surface area contributed by atoms with Crippen molar-refractivity contribution >= 4 is 9.84 Å². The first-order valence-corrected chi connectivity index (χ1v) is 11.0. The first-order chi connectivity index (χ1) is 13.3. The van der Waals surface area contributed by atoms with Crippen molar-refractivity contribution < 1.29 is 13.2 Å². The summed E-state index contributed by atoms with van der Waals surface area (Å²) in [5.41, 5.74) is 2.36. The third kappa shape index (κ3) is 4.45. The van der Waals surface area contributed by atoms with Crippen LogP contribution in [0.5, 0.6) is 11.5 Å². The number of benzene rings is 3. The summed E-state index contributed by atoms with van der Waals surface area (Å²) < 4.78 is 31.5. The van der Waals surface area contributed by atoms with Gasteiger partial charge in [-0.05, 0) is 71.5 Å². The largest absolute Gasteiger partial charge is 0.457 e. The summed E-state index contributed by atoms with van der Waals surface area (Å²) >= 11 is 0. The molecule has 3 aromatic carbocycles. The fourth-order valence-corrected chi connectivity index (χ4v) is 4.17. The first kappa shape index (κ1) is 20.2. The molecule has 3 nitrogen and oxygen atoms in total. The van der Waals surface area contributed by atoms with Gasteiger partial charge in [0.2, 0.25) is 9.84 Å². The lowest BCUT2D eigenvalue weighted by molar-refractivity contribution is 0.482. The summed E-state index contributed by atoms with van der Waals surface area (Å²) in [7, 11) is -3.54. The second kappa shape index (κ2) is 8.19. The van der Waals surface area contributed by atoms with Crippen molar-refractivity contribution in [2.75, 3.05) is 0 Å². The molecule has 0 aromatic heterocycles. The van der Waals surface area contributed by atoms with Gasteiger partial charge in [-0.2, -0.15) is 0 Å². The number of hydrogen-bond acceptors (Lipinski definition) is 3. The SMILES string of the molecule is CC(C)c1ccc(Oc2ccc(S(=O)(=O)c3ccc(C(C)C)cc3)cc2)cc1. The number of hydrogen-bond donors (Lipinski definition) is 0. The molecule has 0 saturated carbocycles. The molecule has 0 bridgehead atoms. The molecule has 0 unspecified atom stereocenters. The zero-order chi connectivity index (χ0) is 20.3. The van der Waals surface area contributed by atoms with Crippen LogP contribution < -0.4 is 4.74 Å². The van der Waals surface area contributed by atoms with Crippen LogP contribution in [0.4, 0.5) is 0 Å². The minimum atomic E-state index is -3.54. The van der Waals surface area contributed by atoms with Crippen LogP contribution in [0.15, 0.2) is 82.6 Å². The quantitative estimate of drug-likeness (QED) is 0.475. The summed E-state index contributed by atoms with van der Waals surface area (Å²) in [5, 5.41) is 0. The number of sulfone groups is 1. The Balaban J connectivity index is 1.77. The molecule has 0 fully saturated rings. The van der Waals surface area contributed by atoms with E-state index in [1.807, 2.05) is 36.4 Å². The Morgan fingerprint density at radius 2 is 0.893 bits per heavy atom. The second-order valence-electron chi connectivity index (χ2n) is 7.52. The van der Waals surface area contributed by atoms with E-state index in [4.69, 9.17) is 4.74 Å². The van der Waals surface area contributed by atoms with Crippen LogP contribution in [0.1, 0.15) is 50.7 Å². The van der Waals surface area contributed by atoms with Crippen LogP contribution in [0.2, 0.25) is 0 Å². The van der Waals surface area contributed by atoms with E-state index in [0.717, 1.165) is 11.3 Å². The molecule has 0 N–H and O–H groups in total. The van der Waals surface area contributed by atoms with Gasteiger partial charge in [0.1, 0.15) is 11.5 Å². The molecular weight excluding hydrogens is 368 g/mol. The maximum atomic E-state index is 12.8. The highest BCUT2D eigenvalue weighted by Gasteiger charge is 2.18. The lowest BCUT2D eigenvalue weighted by atomic mass is 10.0. The monoisotopic (exact) mass is 394 g/mol. The van der Waals surface area contributed by atoms with Crippen molar-refractivity contribution in [3.8, 4) is 11.5 Å². The van der Waals surface area contributed by atoms with Crippen LogP contribution in [-0.2, 0) is 9.84 Å². The van der Waals surface area contributed by atoms with Crippen LogP contribution in [0, 0.1) is 0 Å². The second-order valence-corrected chi connectivity index (χ2v) is 9.47. The topological polar surface area (TPSA) is 43.4 Å². The van der Waals surface area contributed by atoms with E-state index in [1.54, 1.807) is 36.4 Å². The fourth-order valence-electron chi connectivity index (χ4n) is 2.91. The zero-order valence-corrected chi connectivity index (χ0v) is 17.5. The average molecular weight is 395 g/mol. The Morgan fingerprint density at radius 3 is 1.29 bits per heavy atom. The summed E-state index contributed by atoms with van der Waals surface area (Å²) in [6, 6.07) is 21.6. The highest BCUT2D eigenvalue weighted by Crippen LogP contribution is 2.28. The first-order valence-electron chi connectivity index (χ1n) is 9.50. The molecule has 0 saturated heterocycles. The van der Waals surface area contributed by atoms with Crippen molar-refractivity contribution in [1.29, 1.82) is 0 Å². The molecule has 0 atom stereocenters. The van der Waals surface area contributed by atoms with Gasteiger partial charge in [0.15, 0.2) is 0 Å². The molecule has 0 amide bonds. The lowest BCUT2D eigenvalue weighted by Crippen LogP contribution is -2.02. The van der Waals surface area contributed by atoms with Crippen LogP contribution in [0.3, 0.4) is 0 Å². The lowest BCUT2D eigenvalue weighted by Gasteiger charge is -2.10. The van der Waals surface area contributed by atoms with Crippen LogP contribution in [-0.4, -0.2) is 8.42 Å². The van der Waals surface area contributed by atoms with Gasteiger partial charge in [0, 0.05) is 0 Å². The normalized spacial score (nSPS) is 11.8. The van der Waals surface area contributed by atoms with Gasteiger partial charge in [-0.15, -0.1) is 0 Å². The van der Waals surface area contributed by atoms with E-state index in [1.165, 1.54) is 5.56 Å². The molecule has 3 rings (SSSR count). The fraction of sp³-hybridized carbons (Fsp3) is 0.250. The molecule has 146 valence electrons. The van der Waals surface area contributed by atoms with Crippen LogP contribution in [0.25, 0.3) is 0 Å². The molecule has 0 aliphatic carbocycles. The van der Waals surface area contributed by atoms with E-state index in [2.05, 4.69) is 27.7 Å². The Kier molecular flexibility index (Phi) is 5.90. The molecule has 0 radical (unpaired) electrons. The van der Waals surface area contributed by atoms with Crippen LogP contribution >= 0.6 is 0 Å². The predicted octanol–water partition coefficient (Wildman–Crippen LogP) is 6.56. The highest BCUT2D eigenvalue weighted by atomic mass is 32.2. The van der Waals surface area contributed by atoms with E-state index >= 15 is 0 Å². The van der Waals surface area contributed by atoms with Crippen molar-refractivity contribution in [2.45, 2.75) is 49.3 Å². The minimum Gasteiger partial charge on any atom is -0.457 e. The van der Waals surface area contributed by atoms with Gasteiger partial charge < -0.3 is 4.74 Å². The molecule has 3 aromatic rings. The molecular formula is C24H26O3S. The third-order valence-corrected chi connectivity index (χ3v) is 6.56. The van der Waals surface area contributed by atoms with E-state index in [0.29, 0.717) is 22.5 Å². The van der Waals surface area contributed by atoms with E-state index in [9.17, 15) is 8.42 Å². The Labute approximate surface area is 167 Å². The van der Waals surface area contributed by atoms with Crippen molar-refractivity contribution in [3.05, 3.63) is 83.9 Å². The molecule has 4 heteroatoms. The third-order valence-electron chi connectivity index (χ3n) is 4.77. The van der Waals surface area contributed by atoms with Crippen molar-refractivity contribution in [3.63, 3.8) is 0 Å². The van der Waals surface area contributed by atoms with Gasteiger partial charge in [0.05, 0.1) is 9.79 Å². The van der Waals surface area contributed by atoms with E-state index in [-0.39, 0.29) is 4.90 Å². The summed E-state index contributed by atoms with van der Waals surface area (Å²) in [6.07, 6.45) is 0. The number of rotatable bonds is 6. The summed E-state index contributed by atoms with van der Waals surface area (Å²) in [6.45, 7) is 8.45. The Hall–Kier alpha value is -2.59. The molecule has 0 spiro atoms. The van der Waals surface area contributed by atoms with Gasteiger partial charge in [-0.1, -0.05) is 52.0 Å². The van der Waals surface area contributed by atoms with Crippen molar-refractivity contribution in [2.24, 2.45) is 0 Å². The van der Waals surface area contributed by atoms with Gasteiger partial charge >= 0.3 is 0 Å². The molecule has 0 aliphatic heterocycles. The maximum Gasteiger partial charge on any atom is 0.206 e. The molecule has 28 heavy (non-hydrogen) atoms. The molecule has 0 heterocycles. The smallest absolute Gasteiger partial charge is 0.206 e. The van der Waals surface area contributed by atoms with Gasteiger partial charge in [-0.25, -0.2) is 8.42 Å². The molecule has 0 aliphatic rings. The predicted molar refractivity (Wildman–Crippen MR) is 113 cm³/mol. The zero-order valence-electron chi connectivity index (χ0n) is 16.7. The van der Waals surface area contributed by atoms with Gasteiger partial charge in [0.25, 0.3) is 0 Å². The highest BCUT2D eigenvalue weighted by molar-refractivity contribution is 7.91. The standard InChI is InChI=1S/C24H26O3S/c1-17(2)19-5-9-21(10-6-19)27-22-11-15-24(16-12-22)28(25,26)23-13-7-20(8-14-23)18(3)4/h5-18H,1-4H3. The van der Waals surface area contributed by atoms with Crippen molar-refractivity contribution in [1.82, 2.24) is 0 Å². The Morgan fingerprint density at radius 1 is 0.571 bits per heavy atom. The summed E-state index contributed by atoms with van der Waals surface area (Å²) in [4.78, 5) is 0.558. The average Bonchev–Trinajstić information content (AvgIpc) is 2.69. The number of ether oxygens (including phenoxy) is 1.